The van der Waals surface area contributed by atoms with Crippen LogP contribution in [0.2, 0.25) is 0 Å². The van der Waals surface area contributed by atoms with Crippen molar-refractivity contribution in [2.45, 2.75) is 0 Å². The number of halogens is 1. The second kappa shape index (κ2) is 14.5. The van der Waals surface area contributed by atoms with Gasteiger partial charge < -0.3 is 0 Å². The Bertz CT molecular complexity index is 1790. The first-order valence-electron chi connectivity index (χ1n) is 15.3. The lowest BCUT2D eigenvalue weighted by atomic mass is 10.3. The monoisotopic (exact) mass is 648 g/mol. The molecule has 7 aromatic carbocycles. The second-order valence-corrected chi connectivity index (χ2v) is 17.3. The van der Waals surface area contributed by atoms with Crippen LogP contribution in [-0.4, -0.2) is 0 Å². The molecule has 4 heteroatoms. The Kier molecular flexibility index (Phi) is 9.56. The Balaban J connectivity index is 1.49. The topological polar surface area (TPSA) is 0 Å². The van der Waals surface area contributed by atoms with Crippen molar-refractivity contribution in [2.24, 2.45) is 0 Å². The molecule has 0 unspecified atom stereocenters. The number of rotatable bonds is 9. The van der Waals surface area contributed by atoms with Gasteiger partial charge in [0.1, 0.15) is 5.82 Å². The third-order valence-electron chi connectivity index (χ3n) is 7.87. The largest absolute Gasteiger partial charge is 0.207 e. The van der Waals surface area contributed by atoms with Crippen LogP contribution in [0, 0.1) is 5.82 Å². The summed E-state index contributed by atoms with van der Waals surface area (Å²) >= 11 is 0. The van der Waals surface area contributed by atoms with Crippen LogP contribution in [0.15, 0.2) is 194 Å². The van der Waals surface area contributed by atoms with Crippen LogP contribution >= 0.6 is 23.8 Å². The van der Waals surface area contributed by atoms with Gasteiger partial charge in [-0.2, -0.15) is 0 Å². The van der Waals surface area contributed by atoms with Crippen molar-refractivity contribution in [3.05, 3.63) is 200 Å². The van der Waals surface area contributed by atoms with Crippen LogP contribution in [0.3, 0.4) is 0 Å². The minimum absolute atomic E-state index is 0.216. The van der Waals surface area contributed by atoms with E-state index in [1.54, 1.807) is 12.1 Å². The molecule has 0 fully saturated rings. The molecule has 0 aliphatic carbocycles. The fourth-order valence-electron chi connectivity index (χ4n) is 5.85. The molecule has 0 bridgehead atoms. The molecule has 0 nitrogen and oxygen atoms in total. The van der Waals surface area contributed by atoms with Gasteiger partial charge in [0.2, 0.25) is 0 Å². The highest BCUT2D eigenvalue weighted by Crippen LogP contribution is 2.41. The molecule has 46 heavy (non-hydrogen) atoms. The van der Waals surface area contributed by atoms with Crippen molar-refractivity contribution in [2.75, 3.05) is 0 Å². The maximum atomic E-state index is 14.5. The molecular formula is C42H32FP3. The van der Waals surface area contributed by atoms with Gasteiger partial charge in [-0.05, 0) is 83.6 Å². The van der Waals surface area contributed by atoms with E-state index in [-0.39, 0.29) is 5.82 Å². The maximum absolute atomic E-state index is 14.5. The van der Waals surface area contributed by atoms with Crippen molar-refractivity contribution in [1.29, 1.82) is 0 Å². The lowest BCUT2D eigenvalue weighted by molar-refractivity contribution is 0.628. The minimum atomic E-state index is -1.06. The molecule has 0 aliphatic rings. The third kappa shape index (κ3) is 6.51. The van der Waals surface area contributed by atoms with Crippen LogP contribution in [-0.2, 0) is 0 Å². The van der Waals surface area contributed by atoms with E-state index in [2.05, 4.69) is 170 Å². The quantitative estimate of drug-likeness (QED) is 0.147. The Morgan fingerprint density at radius 1 is 0.239 bits per heavy atom. The van der Waals surface area contributed by atoms with E-state index in [0.717, 1.165) is 5.30 Å². The van der Waals surface area contributed by atoms with E-state index in [9.17, 15) is 4.39 Å². The molecule has 0 saturated carbocycles. The summed E-state index contributed by atoms with van der Waals surface area (Å²) in [7, 11) is -2.76. The number of hydrogen-bond acceptors (Lipinski definition) is 0. The Labute approximate surface area is 274 Å². The second-order valence-electron chi connectivity index (χ2n) is 10.8. The smallest absolute Gasteiger partial charge is 0.123 e. The van der Waals surface area contributed by atoms with Crippen molar-refractivity contribution in [1.82, 2.24) is 0 Å². The zero-order valence-corrected chi connectivity index (χ0v) is 27.9. The molecule has 0 radical (unpaired) electrons. The Hall–Kier alpha value is -4.24. The van der Waals surface area contributed by atoms with Crippen LogP contribution in [0.5, 0.6) is 0 Å². The predicted molar refractivity (Wildman–Crippen MR) is 203 cm³/mol. The Morgan fingerprint density at radius 2 is 0.478 bits per heavy atom. The summed E-state index contributed by atoms with van der Waals surface area (Å²) in [5, 5.41) is 11.7. The molecule has 0 atom stereocenters. The van der Waals surface area contributed by atoms with Crippen molar-refractivity contribution < 1.29 is 4.39 Å². The van der Waals surface area contributed by atoms with Gasteiger partial charge in [0.25, 0.3) is 0 Å². The summed E-state index contributed by atoms with van der Waals surface area (Å²) in [6.45, 7) is 0. The van der Waals surface area contributed by atoms with Gasteiger partial charge in [-0.25, -0.2) is 4.39 Å². The zero-order valence-electron chi connectivity index (χ0n) is 25.2. The average molecular weight is 649 g/mol. The highest BCUT2D eigenvalue weighted by molar-refractivity contribution is 7.87. The molecule has 0 aliphatic heterocycles. The molecule has 0 aromatic heterocycles. The first-order chi connectivity index (χ1) is 22.8. The van der Waals surface area contributed by atoms with E-state index in [0.29, 0.717) is 0 Å². The first kappa shape index (κ1) is 30.4. The number of benzene rings is 7. The van der Waals surface area contributed by atoms with Crippen molar-refractivity contribution in [3.63, 3.8) is 0 Å². The lowest BCUT2D eigenvalue weighted by Gasteiger charge is -2.30. The highest BCUT2D eigenvalue weighted by Gasteiger charge is 2.29. The standard InChI is InChI=1S/C42H32FP3/c43-33-29-31-38(32-30-33)46(41-27-15-13-25-39(41)44(34-17-5-1-6-18-34)35-19-7-2-8-20-35)42-28-16-14-26-40(42)45(36-21-9-3-10-22-36)37-23-11-4-12-24-37/h1-32H. The Morgan fingerprint density at radius 3 is 0.783 bits per heavy atom. The fourth-order valence-corrected chi connectivity index (χ4v) is 14.1. The molecule has 0 amide bonds. The van der Waals surface area contributed by atoms with Gasteiger partial charge in [-0.3, -0.25) is 0 Å². The number of hydrogen-bond donors (Lipinski definition) is 0. The van der Waals surface area contributed by atoms with Gasteiger partial charge in [-0.15, -0.1) is 0 Å². The van der Waals surface area contributed by atoms with Gasteiger partial charge in [0, 0.05) is 0 Å². The van der Waals surface area contributed by atoms with Crippen LogP contribution in [0.25, 0.3) is 0 Å². The summed E-state index contributed by atoms with van der Waals surface area (Å²) < 4.78 is 14.5. The van der Waals surface area contributed by atoms with E-state index in [1.165, 1.54) is 42.4 Å². The van der Waals surface area contributed by atoms with E-state index in [4.69, 9.17) is 0 Å². The van der Waals surface area contributed by atoms with E-state index in [1.807, 2.05) is 12.1 Å². The normalized spacial score (nSPS) is 11.3. The molecular weight excluding hydrogens is 616 g/mol. The summed E-state index contributed by atoms with van der Waals surface area (Å²) in [5.74, 6) is -0.216. The summed E-state index contributed by atoms with van der Waals surface area (Å²) in [6.07, 6.45) is 0. The highest BCUT2D eigenvalue weighted by atomic mass is 31.1. The van der Waals surface area contributed by atoms with E-state index >= 15 is 0 Å². The van der Waals surface area contributed by atoms with Gasteiger partial charge in [0.15, 0.2) is 0 Å². The molecule has 0 heterocycles. The summed E-state index contributed by atoms with van der Waals surface area (Å²) in [6, 6.07) is 68.7. The average Bonchev–Trinajstić information content (AvgIpc) is 3.13. The molecule has 7 aromatic rings. The van der Waals surface area contributed by atoms with Crippen molar-refractivity contribution in [3.8, 4) is 0 Å². The van der Waals surface area contributed by atoms with Crippen LogP contribution < -0.4 is 47.7 Å². The third-order valence-corrected chi connectivity index (χ3v) is 15.8. The van der Waals surface area contributed by atoms with E-state index < -0.39 is 23.8 Å². The minimum Gasteiger partial charge on any atom is -0.207 e. The summed E-state index contributed by atoms with van der Waals surface area (Å²) in [4.78, 5) is 0. The predicted octanol–water partition coefficient (Wildman–Crippen LogP) is 7.10. The van der Waals surface area contributed by atoms with Crippen molar-refractivity contribution >= 4 is 71.5 Å². The fraction of sp³-hybridized carbons (Fsp3) is 0. The molecule has 222 valence electrons. The SMILES string of the molecule is Fc1ccc(P(c2ccccc2P(c2ccccc2)c2ccccc2)c2ccccc2P(c2ccccc2)c2ccccc2)cc1. The van der Waals surface area contributed by atoms with Crippen LogP contribution in [0.4, 0.5) is 4.39 Å². The van der Waals surface area contributed by atoms with Gasteiger partial charge >= 0.3 is 0 Å². The molecule has 0 spiro atoms. The van der Waals surface area contributed by atoms with Gasteiger partial charge in [0.05, 0.1) is 0 Å². The molecule has 0 N–H and O–H groups in total. The molecule has 0 saturated heterocycles. The molecule has 7 rings (SSSR count). The van der Waals surface area contributed by atoms with Crippen LogP contribution in [0.1, 0.15) is 0 Å². The zero-order chi connectivity index (χ0) is 31.1. The van der Waals surface area contributed by atoms with Gasteiger partial charge in [-0.1, -0.05) is 182 Å². The lowest BCUT2D eigenvalue weighted by Crippen LogP contribution is -2.39. The first-order valence-corrected chi connectivity index (χ1v) is 19.3. The summed E-state index contributed by atoms with van der Waals surface area (Å²) in [5.41, 5.74) is 0. The maximum Gasteiger partial charge on any atom is 0.123 e.